The molecule has 0 bridgehead atoms. The van der Waals surface area contributed by atoms with Crippen molar-refractivity contribution in [1.82, 2.24) is 5.43 Å². The summed E-state index contributed by atoms with van der Waals surface area (Å²) >= 11 is 0. The molecule has 5 nitrogen and oxygen atoms in total. The van der Waals surface area contributed by atoms with Crippen molar-refractivity contribution < 1.29 is 9.53 Å². The average molecular weight is 387 g/mol. The predicted molar refractivity (Wildman–Crippen MR) is 117 cm³/mol. The lowest BCUT2D eigenvalue weighted by molar-refractivity contribution is -0.119. The third kappa shape index (κ3) is 6.50. The Kier molecular flexibility index (Phi) is 7.00. The molecule has 0 aliphatic carbocycles. The van der Waals surface area contributed by atoms with Gasteiger partial charge in [0, 0.05) is 5.69 Å². The molecule has 0 fully saturated rings. The highest BCUT2D eigenvalue weighted by molar-refractivity contribution is 5.84. The zero-order chi connectivity index (χ0) is 20.5. The van der Waals surface area contributed by atoms with E-state index in [-0.39, 0.29) is 12.5 Å². The van der Waals surface area contributed by atoms with Gasteiger partial charge in [-0.1, -0.05) is 48.0 Å². The smallest absolute Gasteiger partial charge is 0.259 e. The molecule has 3 aromatic carbocycles. The fourth-order valence-corrected chi connectivity index (χ4v) is 2.80. The average Bonchev–Trinajstić information content (AvgIpc) is 2.73. The zero-order valence-electron chi connectivity index (χ0n) is 16.7. The number of ether oxygens (including phenoxy) is 1. The summed E-state index contributed by atoms with van der Waals surface area (Å²) in [6.07, 6.45) is 1.61. The quantitative estimate of drug-likeness (QED) is 0.444. The van der Waals surface area contributed by atoms with Crippen LogP contribution in [0.25, 0.3) is 0 Å². The number of hydrazone groups is 1. The molecule has 0 heterocycles. The van der Waals surface area contributed by atoms with Crippen LogP contribution in [0.3, 0.4) is 0 Å². The molecule has 0 radical (unpaired) electrons. The Morgan fingerprint density at radius 3 is 2.48 bits per heavy atom. The largest absolute Gasteiger partial charge is 0.489 e. The summed E-state index contributed by atoms with van der Waals surface area (Å²) in [6, 6.07) is 23.6. The van der Waals surface area contributed by atoms with Crippen molar-refractivity contribution in [3.05, 3.63) is 95.1 Å². The summed E-state index contributed by atoms with van der Waals surface area (Å²) in [5.41, 5.74) is 7.77. The highest BCUT2D eigenvalue weighted by Gasteiger charge is 2.02. The third-order valence-electron chi connectivity index (χ3n) is 4.35. The highest BCUT2D eigenvalue weighted by atomic mass is 16.5. The second kappa shape index (κ2) is 10.1. The molecule has 0 unspecified atom stereocenters. The Balaban J connectivity index is 1.43. The molecular weight excluding hydrogens is 362 g/mol. The molecule has 0 aromatic heterocycles. The number of rotatable bonds is 8. The topological polar surface area (TPSA) is 62.7 Å². The standard InChI is InChI=1S/C24H25N3O2/c1-18-8-13-23(19(2)14-18)25-16-24(28)27-26-15-20-9-11-22(12-10-20)29-17-21-6-4-3-5-7-21/h3-15,25H,16-17H2,1-2H3,(H,27,28)/b26-15+. The van der Waals surface area contributed by atoms with E-state index in [4.69, 9.17) is 4.74 Å². The first kappa shape index (κ1) is 20.1. The number of carbonyl (C=O) groups excluding carboxylic acids is 1. The number of hydrogen-bond donors (Lipinski definition) is 2. The number of aryl methyl sites for hydroxylation is 2. The normalized spacial score (nSPS) is 10.7. The zero-order valence-corrected chi connectivity index (χ0v) is 16.7. The molecule has 0 aliphatic rings. The molecule has 0 saturated carbocycles. The van der Waals surface area contributed by atoms with E-state index < -0.39 is 0 Å². The van der Waals surface area contributed by atoms with Crippen LogP contribution < -0.4 is 15.5 Å². The molecule has 0 atom stereocenters. The lowest BCUT2D eigenvalue weighted by Crippen LogP contribution is -2.26. The lowest BCUT2D eigenvalue weighted by Gasteiger charge is -2.09. The summed E-state index contributed by atoms with van der Waals surface area (Å²) in [6.45, 7) is 4.74. The van der Waals surface area contributed by atoms with Crippen molar-refractivity contribution in [2.45, 2.75) is 20.5 Å². The summed E-state index contributed by atoms with van der Waals surface area (Å²) < 4.78 is 5.76. The van der Waals surface area contributed by atoms with Crippen LogP contribution in [0.15, 0.2) is 77.9 Å². The third-order valence-corrected chi connectivity index (χ3v) is 4.35. The number of anilines is 1. The predicted octanol–water partition coefficient (Wildman–Crippen LogP) is 4.44. The second-order valence-corrected chi connectivity index (χ2v) is 6.81. The van der Waals surface area contributed by atoms with Crippen LogP contribution in [0.2, 0.25) is 0 Å². The molecule has 3 aromatic rings. The van der Waals surface area contributed by atoms with Crippen LogP contribution in [-0.2, 0) is 11.4 Å². The number of amides is 1. The van der Waals surface area contributed by atoms with Gasteiger partial charge < -0.3 is 10.1 Å². The minimum atomic E-state index is -0.205. The second-order valence-electron chi connectivity index (χ2n) is 6.81. The lowest BCUT2D eigenvalue weighted by atomic mass is 10.1. The number of carbonyl (C=O) groups is 1. The summed E-state index contributed by atoms with van der Waals surface area (Å²) in [5.74, 6) is 0.580. The van der Waals surface area contributed by atoms with Gasteiger partial charge in [0.25, 0.3) is 5.91 Å². The molecule has 3 rings (SSSR count). The molecule has 148 valence electrons. The molecular formula is C24H25N3O2. The molecule has 5 heteroatoms. The van der Waals surface area contributed by atoms with Gasteiger partial charge in [-0.15, -0.1) is 0 Å². The van der Waals surface area contributed by atoms with Crippen LogP contribution in [-0.4, -0.2) is 18.7 Å². The number of benzene rings is 3. The van der Waals surface area contributed by atoms with Crippen LogP contribution in [0.4, 0.5) is 5.69 Å². The van der Waals surface area contributed by atoms with Gasteiger partial charge in [0.1, 0.15) is 12.4 Å². The Bertz CT molecular complexity index is 967. The number of hydrogen-bond acceptors (Lipinski definition) is 4. The van der Waals surface area contributed by atoms with Gasteiger partial charge in [-0.3, -0.25) is 4.79 Å². The number of nitrogens with zero attached hydrogens (tertiary/aromatic N) is 1. The van der Waals surface area contributed by atoms with Gasteiger partial charge >= 0.3 is 0 Å². The minimum absolute atomic E-state index is 0.160. The molecule has 2 N–H and O–H groups in total. The van der Waals surface area contributed by atoms with Crippen LogP contribution in [0.5, 0.6) is 5.75 Å². The highest BCUT2D eigenvalue weighted by Crippen LogP contribution is 2.15. The van der Waals surface area contributed by atoms with E-state index in [9.17, 15) is 4.79 Å². The van der Waals surface area contributed by atoms with Crippen molar-refractivity contribution in [2.75, 3.05) is 11.9 Å². The van der Waals surface area contributed by atoms with Gasteiger partial charge in [-0.2, -0.15) is 5.10 Å². The van der Waals surface area contributed by atoms with E-state index in [1.54, 1.807) is 6.21 Å². The van der Waals surface area contributed by atoms with Crippen LogP contribution in [0.1, 0.15) is 22.3 Å². The fraction of sp³-hybridized carbons (Fsp3) is 0.167. The molecule has 29 heavy (non-hydrogen) atoms. The maximum atomic E-state index is 12.0. The van der Waals surface area contributed by atoms with Crippen molar-refractivity contribution in [3.63, 3.8) is 0 Å². The SMILES string of the molecule is Cc1ccc(NCC(=O)N/N=C/c2ccc(OCc3ccccc3)cc2)c(C)c1. The van der Waals surface area contributed by atoms with Gasteiger partial charge in [-0.25, -0.2) is 5.43 Å². The molecule has 0 aliphatic heterocycles. The Hall–Kier alpha value is -3.60. The Morgan fingerprint density at radius 2 is 1.76 bits per heavy atom. The van der Waals surface area contributed by atoms with E-state index >= 15 is 0 Å². The minimum Gasteiger partial charge on any atom is -0.489 e. The molecule has 0 spiro atoms. The van der Waals surface area contributed by atoms with E-state index in [2.05, 4.69) is 21.9 Å². The maximum Gasteiger partial charge on any atom is 0.259 e. The summed E-state index contributed by atoms with van der Waals surface area (Å²) in [7, 11) is 0. The first-order valence-corrected chi connectivity index (χ1v) is 9.50. The fourth-order valence-electron chi connectivity index (χ4n) is 2.80. The summed E-state index contributed by atoms with van der Waals surface area (Å²) in [5, 5.41) is 7.13. The number of nitrogens with one attached hydrogen (secondary N) is 2. The summed E-state index contributed by atoms with van der Waals surface area (Å²) in [4.78, 5) is 12.0. The molecule has 1 amide bonds. The van der Waals surface area contributed by atoms with E-state index in [0.717, 1.165) is 28.1 Å². The molecule has 0 saturated heterocycles. The maximum absolute atomic E-state index is 12.0. The van der Waals surface area contributed by atoms with Crippen LogP contribution in [0, 0.1) is 13.8 Å². The van der Waals surface area contributed by atoms with Gasteiger partial charge in [0.05, 0.1) is 12.8 Å². The van der Waals surface area contributed by atoms with Gasteiger partial charge in [0.2, 0.25) is 0 Å². The van der Waals surface area contributed by atoms with Crippen molar-refractivity contribution in [1.29, 1.82) is 0 Å². The van der Waals surface area contributed by atoms with Crippen molar-refractivity contribution in [3.8, 4) is 5.75 Å². The van der Waals surface area contributed by atoms with E-state index in [0.29, 0.717) is 6.61 Å². The first-order chi connectivity index (χ1) is 14.1. The van der Waals surface area contributed by atoms with Gasteiger partial charge in [0.15, 0.2) is 0 Å². The Morgan fingerprint density at radius 1 is 1.00 bits per heavy atom. The van der Waals surface area contributed by atoms with Crippen molar-refractivity contribution >= 4 is 17.8 Å². The van der Waals surface area contributed by atoms with Crippen LogP contribution >= 0.6 is 0 Å². The monoisotopic (exact) mass is 387 g/mol. The van der Waals surface area contributed by atoms with Crippen molar-refractivity contribution in [2.24, 2.45) is 5.10 Å². The van der Waals surface area contributed by atoms with Gasteiger partial charge in [-0.05, 0) is 60.9 Å². The van der Waals surface area contributed by atoms with E-state index in [1.807, 2.05) is 80.6 Å². The van der Waals surface area contributed by atoms with E-state index in [1.165, 1.54) is 5.56 Å². The Labute approximate surface area is 171 Å². The first-order valence-electron chi connectivity index (χ1n) is 9.50.